The molecule has 0 spiro atoms. The van der Waals surface area contributed by atoms with Crippen LogP contribution in [-0.2, 0) is 10.0 Å². The van der Waals surface area contributed by atoms with Crippen LogP contribution in [0.1, 0.15) is 19.3 Å². The molecule has 18 heavy (non-hydrogen) atoms. The van der Waals surface area contributed by atoms with Gasteiger partial charge in [0.2, 0.25) is 10.0 Å². The van der Waals surface area contributed by atoms with E-state index in [0.29, 0.717) is 12.4 Å². The van der Waals surface area contributed by atoms with Crippen LogP contribution < -0.4 is 9.88 Å². The summed E-state index contributed by atoms with van der Waals surface area (Å²) in [6.45, 7) is 0.551. The minimum absolute atomic E-state index is 0.0824. The summed E-state index contributed by atoms with van der Waals surface area (Å²) in [7, 11) is -3.87. The Bertz CT molecular complexity index is 556. The maximum atomic E-state index is 11.2. The van der Waals surface area contributed by atoms with E-state index in [-0.39, 0.29) is 14.9 Å². The molecular formula is C11H13Cl2NO3S. The van der Waals surface area contributed by atoms with E-state index in [9.17, 15) is 8.42 Å². The van der Waals surface area contributed by atoms with Crippen molar-refractivity contribution in [3.63, 3.8) is 0 Å². The zero-order chi connectivity index (χ0) is 13.3. The maximum absolute atomic E-state index is 11.2. The average Bonchev–Trinajstić information content (AvgIpc) is 3.06. The summed E-state index contributed by atoms with van der Waals surface area (Å²) in [5, 5.41) is 5.00. The summed E-state index contributed by atoms with van der Waals surface area (Å²) in [4.78, 5) is -0.191. The lowest BCUT2D eigenvalue weighted by Gasteiger charge is -2.10. The number of benzene rings is 1. The fourth-order valence-corrected chi connectivity index (χ4v) is 2.95. The van der Waals surface area contributed by atoms with E-state index < -0.39 is 10.0 Å². The second-order valence-electron chi connectivity index (χ2n) is 4.32. The van der Waals surface area contributed by atoms with E-state index >= 15 is 0 Å². The van der Waals surface area contributed by atoms with Gasteiger partial charge >= 0.3 is 0 Å². The SMILES string of the molecule is NS(=O)(=O)c1ccc(OCCC2CC2)c(Cl)c1Cl. The van der Waals surface area contributed by atoms with Crippen molar-refractivity contribution in [2.75, 3.05) is 6.61 Å². The second-order valence-corrected chi connectivity index (χ2v) is 6.60. The normalized spacial score (nSPS) is 15.7. The van der Waals surface area contributed by atoms with Crippen molar-refractivity contribution in [1.82, 2.24) is 0 Å². The molecule has 0 aliphatic heterocycles. The average molecular weight is 310 g/mol. The number of nitrogens with two attached hydrogens (primary N) is 1. The standard InChI is InChI=1S/C11H13Cl2NO3S/c12-10-8(17-6-5-7-1-2-7)3-4-9(11(10)13)18(14,15)16/h3-4,7H,1-2,5-6H2,(H2,14,15,16). The predicted octanol–water partition coefficient (Wildman–Crippen LogP) is 2.82. The molecule has 100 valence electrons. The van der Waals surface area contributed by atoms with Gasteiger partial charge in [-0.3, -0.25) is 0 Å². The molecule has 0 bridgehead atoms. The van der Waals surface area contributed by atoms with E-state index in [0.717, 1.165) is 12.3 Å². The van der Waals surface area contributed by atoms with Crippen molar-refractivity contribution < 1.29 is 13.2 Å². The first-order valence-corrected chi connectivity index (χ1v) is 7.83. The Morgan fingerprint density at radius 1 is 1.28 bits per heavy atom. The van der Waals surface area contributed by atoms with Crippen LogP contribution in [0.2, 0.25) is 10.0 Å². The molecule has 4 nitrogen and oxygen atoms in total. The fraction of sp³-hybridized carbons (Fsp3) is 0.455. The minimum atomic E-state index is -3.87. The van der Waals surface area contributed by atoms with E-state index in [4.69, 9.17) is 33.1 Å². The quantitative estimate of drug-likeness (QED) is 0.909. The number of ether oxygens (including phenoxy) is 1. The molecule has 0 aromatic heterocycles. The molecule has 1 aromatic carbocycles. The Labute approximate surface area is 116 Å². The molecule has 0 heterocycles. The highest BCUT2D eigenvalue weighted by Gasteiger charge is 2.22. The Kier molecular flexibility index (Phi) is 4.06. The smallest absolute Gasteiger partial charge is 0.239 e. The number of hydrogen-bond donors (Lipinski definition) is 1. The van der Waals surface area contributed by atoms with Gasteiger partial charge in [-0.15, -0.1) is 0 Å². The Hall–Kier alpha value is -0.490. The van der Waals surface area contributed by atoms with E-state index in [1.807, 2.05) is 0 Å². The number of rotatable bonds is 5. The van der Waals surface area contributed by atoms with E-state index in [1.165, 1.54) is 25.0 Å². The molecule has 0 radical (unpaired) electrons. The first-order valence-electron chi connectivity index (χ1n) is 5.53. The number of hydrogen-bond acceptors (Lipinski definition) is 3. The Morgan fingerprint density at radius 3 is 2.50 bits per heavy atom. The summed E-state index contributed by atoms with van der Waals surface area (Å²) in [6.07, 6.45) is 3.48. The van der Waals surface area contributed by atoms with Gasteiger partial charge in [-0.25, -0.2) is 13.6 Å². The van der Waals surface area contributed by atoms with Gasteiger partial charge in [-0.05, 0) is 24.5 Å². The summed E-state index contributed by atoms with van der Waals surface area (Å²) in [6, 6.07) is 2.77. The van der Waals surface area contributed by atoms with Gasteiger partial charge < -0.3 is 4.74 Å². The van der Waals surface area contributed by atoms with Crippen molar-refractivity contribution in [3.05, 3.63) is 22.2 Å². The van der Waals surface area contributed by atoms with Gasteiger partial charge in [0.05, 0.1) is 11.6 Å². The summed E-state index contributed by atoms with van der Waals surface area (Å²) in [5.41, 5.74) is 0. The van der Waals surface area contributed by atoms with Gasteiger partial charge in [0, 0.05) is 0 Å². The third-order valence-electron chi connectivity index (χ3n) is 2.80. The van der Waals surface area contributed by atoms with Crippen LogP contribution in [-0.4, -0.2) is 15.0 Å². The van der Waals surface area contributed by atoms with Crippen molar-refractivity contribution in [2.45, 2.75) is 24.2 Å². The highest BCUT2D eigenvalue weighted by atomic mass is 35.5. The zero-order valence-electron chi connectivity index (χ0n) is 9.53. The molecule has 1 aromatic rings. The molecule has 0 unspecified atom stereocenters. The first kappa shape index (κ1) is 13.9. The number of primary sulfonamides is 1. The van der Waals surface area contributed by atoms with Gasteiger partial charge in [0.15, 0.2) is 0 Å². The molecule has 2 N–H and O–H groups in total. The van der Waals surface area contributed by atoms with Crippen LogP contribution in [0, 0.1) is 5.92 Å². The van der Waals surface area contributed by atoms with Crippen molar-refractivity contribution in [2.24, 2.45) is 11.1 Å². The Morgan fingerprint density at radius 2 is 1.94 bits per heavy atom. The molecule has 0 atom stereocenters. The lowest BCUT2D eigenvalue weighted by atomic mass is 10.3. The molecule has 1 fully saturated rings. The highest BCUT2D eigenvalue weighted by Crippen LogP contribution is 2.37. The summed E-state index contributed by atoms with van der Waals surface area (Å²) >= 11 is 11.8. The Balaban J connectivity index is 2.14. The zero-order valence-corrected chi connectivity index (χ0v) is 11.9. The van der Waals surface area contributed by atoms with Gasteiger partial charge in [-0.2, -0.15) is 0 Å². The third-order valence-corrected chi connectivity index (χ3v) is 4.73. The molecule has 7 heteroatoms. The maximum Gasteiger partial charge on any atom is 0.239 e. The molecule has 0 amide bonds. The highest BCUT2D eigenvalue weighted by molar-refractivity contribution is 7.89. The van der Waals surface area contributed by atoms with Crippen LogP contribution in [0.25, 0.3) is 0 Å². The fourth-order valence-electron chi connectivity index (χ4n) is 1.59. The first-order chi connectivity index (χ1) is 8.39. The molecule has 1 saturated carbocycles. The summed E-state index contributed by atoms with van der Waals surface area (Å²) < 4.78 is 27.9. The molecular weight excluding hydrogens is 297 g/mol. The van der Waals surface area contributed by atoms with Crippen LogP contribution >= 0.6 is 23.2 Å². The van der Waals surface area contributed by atoms with Crippen molar-refractivity contribution in [1.29, 1.82) is 0 Å². The van der Waals surface area contributed by atoms with Crippen LogP contribution in [0.4, 0.5) is 0 Å². The monoisotopic (exact) mass is 309 g/mol. The largest absolute Gasteiger partial charge is 0.492 e. The minimum Gasteiger partial charge on any atom is -0.492 e. The van der Waals surface area contributed by atoms with Gasteiger partial charge in [0.1, 0.15) is 15.7 Å². The van der Waals surface area contributed by atoms with E-state index in [1.54, 1.807) is 0 Å². The summed E-state index contributed by atoms with van der Waals surface area (Å²) in [5.74, 6) is 1.14. The van der Waals surface area contributed by atoms with Crippen molar-refractivity contribution >= 4 is 33.2 Å². The lowest BCUT2D eigenvalue weighted by Crippen LogP contribution is -2.13. The van der Waals surface area contributed by atoms with Gasteiger partial charge in [-0.1, -0.05) is 36.0 Å². The van der Waals surface area contributed by atoms with Crippen molar-refractivity contribution in [3.8, 4) is 5.75 Å². The predicted molar refractivity (Wildman–Crippen MR) is 70.7 cm³/mol. The molecule has 2 rings (SSSR count). The van der Waals surface area contributed by atoms with Gasteiger partial charge in [0.25, 0.3) is 0 Å². The second kappa shape index (κ2) is 5.25. The van der Waals surface area contributed by atoms with E-state index in [2.05, 4.69) is 0 Å². The number of halogens is 2. The molecule has 0 saturated heterocycles. The van der Waals surface area contributed by atoms with Crippen LogP contribution in [0.15, 0.2) is 17.0 Å². The third kappa shape index (κ3) is 3.29. The van der Waals surface area contributed by atoms with Crippen LogP contribution in [0.3, 0.4) is 0 Å². The topological polar surface area (TPSA) is 69.4 Å². The molecule has 1 aliphatic rings. The number of sulfonamides is 1. The molecule has 1 aliphatic carbocycles. The lowest BCUT2D eigenvalue weighted by molar-refractivity contribution is 0.302. The van der Waals surface area contributed by atoms with Crippen LogP contribution in [0.5, 0.6) is 5.75 Å².